The molecular weight excluding hydrogens is 314 g/mol. The molecule has 126 valence electrons. The van der Waals surface area contributed by atoms with Crippen molar-refractivity contribution >= 4 is 23.3 Å². The fraction of sp³-hybridized carbons (Fsp3) is 0.667. The zero-order valence-corrected chi connectivity index (χ0v) is 14.7. The first-order valence-corrected chi connectivity index (χ1v) is 8.67. The molecule has 0 radical (unpaired) electrons. The quantitative estimate of drug-likeness (QED) is 0.854. The van der Waals surface area contributed by atoms with Crippen LogP contribution in [0.1, 0.15) is 17.1 Å². The van der Waals surface area contributed by atoms with Crippen LogP contribution in [0.2, 0.25) is 0 Å². The van der Waals surface area contributed by atoms with E-state index in [9.17, 15) is 9.59 Å². The summed E-state index contributed by atoms with van der Waals surface area (Å²) in [6.07, 6.45) is 0.871. The molecule has 1 aromatic heterocycles. The summed E-state index contributed by atoms with van der Waals surface area (Å²) in [6.45, 7) is 5.14. The lowest BCUT2D eigenvalue weighted by atomic mass is 9.94. The van der Waals surface area contributed by atoms with Crippen LogP contribution in [0.3, 0.4) is 0 Å². The molecule has 8 heteroatoms. The van der Waals surface area contributed by atoms with Gasteiger partial charge in [0.2, 0.25) is 5.91 Å². The summed E-state index contributed by atoms with van der Waals surface area (Å²) in [6, 6.07) is -0.0915. The number of piperazine rings is 1. The molecule has 2 aliphatic rings. The molecular formula is C15H23N5O2S. The summed E-state index contributed by atoms with van der Waals surface area (Å²) in [5, 5.41) is 6.10. The van der Waals surface area contributed by atoms with Gasteiger partial charge in [-0.05, 0) is 13.3 Å². The monoisotopic (exact) mass is 337 g/mol. The number of carbonyl (C=O) groups excluding carboxylic acids is 2. The van der Waals surface area contributed by atoms with Crippen LogP contribution in [0.5, 0.6) is 0 Å². The number of rotatable bonds is 2. The number of nitrogens with zero attached hydrogens (tertiary/aromatic N) is 4. The van der Waals surface area contributed by atoms with Gasteiger partial charge in [-0.2, -0.15) is 0 Å². The molecule has 0 saturated carbocycles. The van der Waals surface area contributed by atoms with Crippen LogP contribution in [0.25, 0.3) is 0 Å². The third kappa shape index (κ3) is 3.18. The van der Waals surface area contributed by atoms with Crippen molar-refractivity contribution in [3.8, 4) is 0 Å². The van der Waals surface area contributed by atoms with Gasteiger partial charge in [-0.15, -0.1) is 11.3 Å². The zero-order chi connectivity index (χ0) is 16.6. The summed E-state index contributed by atoms with van der Waals surface area (Å²) in [7, 11) is 3.46. The van der Waals surface area contributed by atoms with Gasteiger partial charge >= 0.3 is 6.03 Å². The Kier molecular flexibility index (Phi) is 4.29. The van der Waals surface area contributed by atoms with Crippen LogP contribution < -0.4 is 5.32 Å². The van der Waals surface area contributed by atoms with Gasteiger partial charge in [-0.25, -0.2) is 9.78 Å². The van der Waals surface area contributed by atoms with Crippen molar-refractivity contribution in [1.29, 1.82) is 0 Å². The van der Waals surface area contributed by atoms with Crippen molar-refractivity contribution in [2.45, 2.75) is 25.4 Å². The third-order valence-electron chi connectivity index (χ3n) is 4.57. The lowest BCUT2D eigenvalue weighted by Crippen LogP contribution is -2.67. The maximum absolute atomic E-state index is 12.5. The van der Waals surface area contributed by atoms with Gasteiger partial charge in [0, 0.05) is 45.7 Å². The predicted molar refractivity (Wildman–Crippen MR) is 88.3 cm³/mol. The number of amides is 3. The highest BCUT2D eigenvalue weighted by molar-refractivity contribution is 7.09. The summed E-state index contributed by atoms with van der Waals surface area (Å²) < 4.78 is 0. The van der Waals surface area contributed by atoms with Gasteiger partial charge in [0.15, 0.2) is 0 Å². The Labute approximate surface area is 140 Å². The van der Waals surface area contributed by atoms with Gasteiger partial charge in [0.25, 0.3) is 0 Å². The van der Waals surface area contributed by atoms with E-state index in [-0.39, 0.29) is 24.0 Å². The first-order chi connectivity index (χ1) is 10.9. The molecule has 1 aromatic rings. The van der Waals surface area contributed by atoms with Gasteiger partial charge in [-0.1, -0.05) is 0 Å². The van der Waals surface area contributed by atoms with E-state index in [0.717, 1.165) is 36.8 Å². The number of hydrogen-bond donors (Lipinski definition) is 1. The van der Waals surface area contributed by atoms with Crippen LogP contribution in [-0.4, -0.2) is 77.4 Å². The molecule has 2 saturated heterocycles. The maximum atomic E-state index is 12.5. The van der Waals surface area contributed by atoms with Crippen LogP contribution in [0.4, 0.5) is 4.79 Å². The first-order valence-electron chi connectivity index (χ1n) is 7.79. The van der Waals surface area contributed by atoms with E-state index in [1.165, 1.54) is 0 Å². The number of likely N-dealkylation sites (tertiary alicyclic amines) is 1. The van der Waals surface area contributed by atoms with Gasteiger partial charge in [0.05, 0.1) is 16.2 Å². The van der Waals surface area contributed by atoms with E-state index in [4.69, 9.17) is 0 Å². The Morgan fingerprint density at radius 3 is 2.96 bits per heavy atom. The molecule has 23 heavy (non-hydrogen) atoms. The number of carbonyl (C=O) groups is 2. The lowest BCUT2D eigenvalue weighted by Gasteiger charge is -2.45. The Bertz CT molecular complexity index is 617. The third-order valence-corrected chi connectivity index (χ3v) is 5.39. The van der Waals surface area contributed by atoms with E-state index < -0.39 is 0 Å². The fourth-order valence-corrected chi connectivity index (χ4v) is 3.99. The van der Waals surface area contributed by atoms with Crippen LogP contribution in [0.15, 0.2) is 5.38 Å². The van der Waals surface area contributed by atoms with E-state index in [0.29, 0.717) is 6.54 Å². The highest BCUT2D eigenvalue weighted by Crippen LogP contribution is 2.31. The molecule has 1 spiro atoms. The first kappa shape index (κ1) is 16.2. The fourth-order valence-electron chi connectivity index (χ4n) is 3.39. The molecule has 0 aromatic carbocycles. The largest absolute Gasteiger partial charge is 0.352 e. The second kappa shape index (κ2) is 6.09. The highest BCUT2D eigenvalue weighted by atomic mass is 32.1. The normalized spacial score (nSPS) is 25.0. The molecule has 1 N–H and O–H groups in total. The van der Waals surface area contributed by atoms with Crippen LogP contribution in [0, 0.1) is 6.92 Å². The SMILES string of the molecule is Cc1nc(CN2CC[C@@]3(CNC(=O)CN3C(=O)N(C)C)C2)cs1. The Hall–Kier alpha value is -1.67. The number of urea groups is 1. The van der Waals surface area contributed by atoms with E-state index in [1.807, 2.05) is 6.92 Å². The molecule has 3 heterocycles. The van der Waals surface area contributed by atoms with Crippen molar-refractivity contribution in [2.75, 3.05) is 40.3 Å². The van der Waals surface area contributed by atoms with Crippen LogP contribution >= 0.6 is 11.3 Å². The minimum absolute atomic E-state index is 0.0839. The number of nitrogens with one attached hydrogen (secondary N) is 1. The van der Waals surface area contributed by atoms with E-state index >= 15 is 0 Å². The molecule has 1 atom stereocenters. The molecule has 7 nitrogen and oxygen atoms in total. The van der Waals surface area contributed by atoms with E-state index in [2.05, 4.69) is 20.6 Å². The van der Waals surface area contributed by atoms with Gasteiger partial charge in [-0.3, -0.25) is 9.69 Å². The minimum atomic E-state index is -0.305. The number of aryl methyl sites for hydroxylation is 1. The van der Waals surface area contributed by atoms with Crippen LogP contribution in [-0.2, 0) is 11.3 Å². The molecule has 2 fully saturated rings. The number of hydrogen-bond acceptors (Lipinski definition) is 5. The molecule has 3 amide bonds. The second-order valence-electron chi connectivity index (χ2n) is 6.58. The van der Waals surface area contributed by atoms with Crippen molar-refractivity contribution in [3.63, 3.8) is 0 Å². The van der Waals surface area contributed by atoms with Gasteiger partial charge in [0.1, 0.15) is 6.54 Å². The highest BCUT2D eigenvalue weighted by Gasteiger charge is 2.48. The summed E-state index contributed by atoms with van der Waals surface area (Å²) in [5.74, 6) is -0.0839. The van der Waals surface area contributed by atoms with E-state index in [1.54, 1.807) is 35.2 Å². The molecule has 0 aliphatic carbocycles. The topological polar surface area (TPSA) is 68.8 Å². The second-order valence-corrected chi connectivity index (χ2v) is 7.64. The van der Waals surface area contributed by atoms with Crippen molar-refractivity contribution in [3.05, 3.63) is 16.1 Å². The smallest absolute Gasteiger partial charge is 0.320 e. The Morgan fingerprint density at radius 1 is 1.52 bits per heavy atom. The average Bonchev–Trinajstić information content (AvgIpc) is 3.09. The summed E-state index contributed by atoms with van der Waals surface area (Å²) in [5.41, 5.74) is 0.773. The predicted octanol–water partition coefficient (Wildman–Crippen LogP) is 0.509. The molecule has 0 bridgehead atoms. The Balaban J connectivity index is 1.74. The molecule has 0 unspecified atom stereocenters. The average molecular weight is 337 g/mol. The zero-order valence-electron chi connectivity index (χ0n) is 13.8. The van der Waals surface area contributed by atoms with Gasteiger partial charge < -0.3 is 15.1 Å². The lowest BCUT2D eigenvalue weighted by molar-refractivity contribution is -0.126. The minimum Gasteiger partial charge on any atom is -0.352 e. The maximum Gasteiger partial charge on any atom is 0.320 e. The molecule has 2 aliphatic heterocycles. The summed E-state index contributed by atoms with van der Waals surface area (Å²) in [4.78, 5) is 34.4. The number of thiazole rings is 1. The number of aromatic nitrogens is 1. The van der Waals surface area contributed by atoms with Crippen molar-refractivity contribution in [2.24, 2.45) is 0 Å². The molecule has 3 rings (SSSR count). The standard InChI is InChI=1S/C15H23N5O2S/c1-11-17-12(8-23-11)6-19-5-4-15(10-19)9-16-13(21)7-20(15)14(22)18(2)3/h8H,4-7,9-10H2,1-3H3,(H,16,21)/t15-/m1/s1. The Morgan fingerprint density at radius 2 is 2.30 bits per heavy atom. The van der Waals surface area contributed by atoms with Crippen molar-refractivity contribution < 1.29 is 9.59 Å². The summed E-state index contributed by atoms with van der Waals surface area (Å²) >= 11 is 1.66. The van der Waals surface area contributed by atoms with Crippen molar-refractivity contribution in [1.82, 2.24) is 25.0 Å².